The van der Waals surface area contributed by atoms with Crippen LogP contribution in [-0.4, -0.2) is 26.0 Å². The zero-order valence-corrected chi connectivity index (χ0v) is 10.3. The van der Waals surface area contributed by atoms with Crippen LogP contribution in [0.2, 0.25) is 0 Å². The van der Waals surface area contributed by atoms with Gasteiger partial charge in [-0.3, -0.25) is 4.79 Å². The zero-order valence-electron chi connectivity index (χ0n) is 8.03. The SMILES string of the molecule is O=C1CCNS(=O)(=O)C2CCCC12.P. The maximum absolute atomic E-state index is 11.6. The number of ketones is 1. The maximum atomic E-state index is 11.6. The largest absolute Gasteiger partial charge is 0.299 e. The summed E-state index contributed by atoms with van der Waals surface area (Å²) in [6.45, 7) is 0.286. The predicted molar refractivity (Wildman–Crippen MR) is 58.8 cm³/mol. The number of carbonyl (C=O) groups excluding carboxylic acids is 1. The molecule has 0 amide bonds. The first kappa shape index (κ1) is 12.1. The van der Waals surface area contributed by atoms with Crippen LogP contribution >= 0.6 is 9.90 Å². The highest BCUT2D eigenvalue weighted by Crippen LogP contribution is 2.33. The number of fused-ring (bicyclic) bond motifs is 1. The van der Waals surface area contributed by atoms with Gasteiger partial charge in [0.15, 0.2) is 0 Å². The molecular weight excluding hydrogens is 221 g/mol. The Morgan fingerprint density at radius 2 is 2.00 bits per heavy atom. The number of carbonyl (C=O) groups is 1. The topological polar surface area (TPSA) is 63.2 Å². The average molecular weight is 237 g/mol. The van der Waals surface area contributed by atoms with Crippen LogP contribution in [0, 0.1) is 5.92 Å². The van der Waals surface area contributed by atoms with Crippen molar-refractivity contribution in [2.75, 3.05) is 6.54 Å². The highest BCUT2D eigenvalue weighted by Gasteiger charge is 2.42. The molecule has 1 N–H and O–H groups in total. The number of Topliss-reactive ketones (excluding diaryl/α,β-unsaturated/α-hetero) is 1. The van der Waals surface area contributed by atoms with Gasteiger partial charge in [-0.25, -0.2) is 13.1 Å². The molecule has 0 aromatic carbocycles. The van der Waals surface area contributed by atoms with Crippen LogP contribution in [0.4, 0.5) is 0 Å². The molecule has 0 radical (unpaired) electrons. The van der Waals surface area contributed by atoms with Gasteiger partial charge in [-0.15, -0.1) is 0 Å². The second-order valence-corrected chi connectivity index (χ2v) is 5.72. The lowest BCUT2D eigenvalue weighted by Crippen LogP contribution is -2.34. The number of sulfonamides is 1. The van der Waals surface area contributed by atoms with Crippen LogP contribution in [0.3, 0.4) is 0 Å². The Hall–Kier alpha value is 0.01000. The first-order chi connectivity index (χ1) is 6.11. The van der Waals surface area contributed by atoms with Gasteiger partial charge in [0.1, 0.15) is 5.78 Å². The molecule has 3 unspecified atom stereocenters. The van der Waals surface area contributed by atoms with E-state index in [1.165, 1.54) is 0 Å². The molecule has 4 nitrogen and oxygen atoms in total. The summed E-state index contributed by atoms with van der Waals surface area (Å²) in [5, 5.41) is -0.442. The molecule has 0 aromatic rings. The Morgan fingerprint density at radius 3 is 2.71 bits per heavy atom. The van der Waals surface area contributed by atoms with Crippen molar-refractivity contribution in [1.29, 1.82) is 0 Å². The summed E-state index contributed by atoms with van der Waals surface area (Å²) in [5.74, 6) is -0.101. The monoisotopic (exact) mass is 237 g/mol. The smallest absolute Gasteiger partial charge is 0.215 e. The Labute approximate surface area is 87.5 Å². The quantitative estimate of drug-likeness (QED) is 0.608. The third-order valence-electron chi connectivity index (χ3n) is 2.94. The van der Waals surface area contributed by atoms with Gasteiger partial charge in [-0.1, -0.05) is 6.42 Å². The standard InChI is InChI=1S/C8H13NO3S.H3P/c10-7-4-5-9-13(11,12)8-3-1-2-6(7)8;/h6,8-9H,1-5H2;1H3. The van der Waals surface area contributed by atoms with Gasteiger partial charge >= 0.3 is 0 Å². The molecule has 2 aliphatic rings. The third-order valence-corrected chi connectivity index (χ3v) is 4.91. The minimum atomic E-state index is -3.20. The van der Waals surface area contributed by atoms with Crippen molar-refractivity contribution in [3.05, 3.63) is 0 Å². The summed E-state index contributed by atoms with van der Waals surface area (Å²) in [6, 6.07) is 0. The first-order valence-corrected chi connectivity index (χ1v) is 6.17. The fourth-order valence-corrected chi connectivity index (χ4v) is 4.07. The third kappa shape index (κ3) is 2.00. The molecule has 2 rings (SSSR count). The van der Waals surface area contributed by atoms with E-state index in [0.29, 0.717) is 12.8 Å². The Morgan fingerprint density at radius 1 is 1.29 bits per heavy atom. The van der Waals surface area contributed by atoms with Gasteiger partial charge in [0.25, 0.3) is 0 Å². The number of hydrogen-bond acceptors (Lipinski definition) is 3. The van der Waals surface area contributed by atoms with Crippen molar-refractivity contribution in [3.8, 4) is 0 Å². The minimum Gasteiger partial charge on any atom is -0.299 e. The van der Waals surface area contributed by atoms with E-state index < -0.39 is 15.3 Å². The van der Waals surface area contributed by atoms with Gasteiger partial charge in [-0.05, 0) is 12.8 Å². The van der Waals surface area contributed by atoms with E-state index in [4.69, 9.17) is 0 Å². The van der Waals surface area contributed by atoms with Crippen molar-refractivity contribution in [2.45, 2.75) is 30.9 Å². The second kappa shape index (κ2) is 4.25. The summed E-state index contributed by atoms with van der Waals surface area (Å²) in [6.07, 6.45) is 2.62. The lowest BCUT2D eigenvalue weighted by Gasteiger charge is -2.13. The molecule has 14 heavy (non-hydrogen) atoms. The summed E-state index contributed by atoms with van der Waals surface area (Å²) in [5.41, 5.74) is 0. The molecule has 0 aromatic heterocycles. The maximum Gasteiger partial charge on any atom is 0.215 e. The van der Waals surface area contributed by atoms with E-state index >= 15 is 0 Å². The fraction of sp³-hybridized carbons (Fsp3) is 0.875. The summed E-state index contributed by atoms with van der Waals surface area (Å²) in [4.78, 5) is 11.5. The molecule has 2 fully saturated rings. The lowest BCUT2D eigenvalue weighted by molar-refractivity contribution is -0.122. The molecular formula is C8H16NO3PS. The van der Waals surface area contributed by atoms with Gasteiger partial charge in [-0.2, -0.15) is 9.90 Å². The van der Waals surface area contributed by atoms with Crippen molar-refractivity contribution >= 4 is 25.7 Å². The summed E-state index contributed by atoms with van der Waals surface area (Å²) < 4.78 is 25.6. The van der Waals surface area contributed by atoms with Crippen LogP contribution < -0.4 is 4.72 Å². The molecule has 6 heteroatoms. The van der Waals surface area contributed by atoms with Crippen molar-refractivity contribution < 1.29 is 13.2 Å². The van der Waals surface area contributed by atoms with Crippen LogP contribution in [0.5, 0.6) is 0 Å². The van der Waals surface area contributed by atoms with Crippen molar-refractivity contribution in [3.63, 3.8) is 0 Å². The van der Waals surface area contributed by atoms with E-state index in [0.717, 1.165) is 12.8 Å². The van der Waals surface area contributed by atoms with E-state index in [-0.39, 0.29) is 28.1 Å². The van der Waals surface area contributed by atoms with Crippen LogP contribution in [-0.2, 0) is 14.8 Å². The Balaban J connectivity index is 0.000000980. The molecule has 0 bridgehead atoms. The van der Waals surface area contributed by atoms with E-state index in [1.807, 2.05) is 0 Å². The molecule has 1 saturated carbocycles. The Kier molecular flexibility index (Phi) is 3.67. The van der Waals surface area contributed by atoms with Crippen LogP contribution in [0.25, 0.3) is 0 Å². The molecule has 1 aliphatic heterocycles. The van der Waals surface area contributed by atoms with E-state index in [1.54, 1.807) is 0 Å². The zero-order chi connectivity index (χ0) is 9.47. The second-order valence-electron chi connectivity index (χ2n) is 3.73. The van der Waals surface area contributed by atoms with Crippen molar-refractivity contribution in [1.82, 2.24) is 4.72 Å². The predicted octanol–water partition coefficient (Wildman–Crippen LogP) is 0.105. The number of hydrogen-bond donors (Lipinski definition) is 1. The van der Waals surface area contributed by atoms with Gasteiger partial charge in [0, 0.05) is 18.9 Å². The molecule has 0 spiro atoms. The molecule has 1 heterocycles. The summed E-state index contributed by atoms with van der Waals surface area (Å²) >= 11 is 0. The molecule has 82 valence electrons. The van der Waals surface area contributed by atoms with Gasteiger partial charge in [0.05, 0.1) is 5.25 Å². The fourth-order valence-electron chi connectivity index (χ4n) is 2.27. The van der Waals surface area contributed by atoms with Gasteiger partial charge in [0.2, 0.25) is 10.0 Å². The first-order valence-electron chi connectivity index (χ1n) is 4.62. The van der Waals surface area contributed by atoms with Crippen LogP contribution in [0.15, 0.2) is 0 Å². The molecule has 3 atom stereocenters. The van der Waals surface area contributed by atoms with E-state index in [2.05, 4.69) is 4.72 Å². The highest BCUT2D eigenvalue weighted by molar-refractivity contribution is 7.90. The van der Waals surface area contributed by atoms with Gasteiger partial charge < -0.3 is 0 Å². The number of rotatable bonds is 0. The number of nitrogens with one attached hydrogen (secondary N) is 1. The normalized spacial score (nSPS) is 35.6. The summed E-state index contributed by atoms with van der Waals surface area (Å²) in [7, 11) is -3.20. The van der Waals surface area contributed by atoms with E-state index in [9.17, 15) is 13.2 Å². The van der Waals surface area contributed by atoms with Crippen LogP contribution in [0.1, 0.15) is 25.7 Å². The lowest BCUT2D eigenvalue weighted by atomic mass is 10.0. The molecule has 1 aliphatic carbocycles. The average Bonchev–Trinajstić information content (AvgIpc) is 2.48. The molecule has 1 saturated heterocycles. The van der Waals surface area contributed by atoms with Crippen molar-refractivity contribution in [2.24, 2.45) is 5.92 Å². The highest BCUT2D eigenvalue weighted by atomic mass is 32.2. The minimum absolute atomic E-state index is 0. The Bertz CT molecular complexity index is 327.